The monoisotopic (exact) mass is 1280 g/mol. The van der Waals surface area contributed by atoms with Gasteiger partial charge in [0.15, 0.2) is 0 Å². The molecule has 0 bridgehead atoms. The number of amides is 3. The summed E-state index contributed by atoms with van der Waals surface area (Å²) < 4.78 is 36.9. The Morgan fingerprint density at radius 2 is 1.49 bits per heavy atom. The summed E-state index contributed by atoms with van der Waals surface area (Å²) in [4.78, 5) is 67.1. The van der Waals surface area contributed by atoms with Gasteiger partial charge in [-0.25, -0.2) is 9.78 Å². The highest BCUT2D eigenvalue weighted by Gasteiger charge is 2.41. The van der Waals surface area contributed by atoms with Gasteiger partial charge in [0, 0.05) is 78.3 Å². The summed E-state index contributed by atoms with van der Waals surface area (Å²) >= 11 is 1.59. The lowest BCUT2D eigenvalue weighted by atomic mass is 9.83. The van der Waals surface area contributed by atoms with Crippen molar-refractivity contribution < 1.29 is 42.8 Å². The number of nitrogens with zero attached hydrogens (tertiary/aromatic N) is 9. The number of likely N-dealkylation sites (N-methyl/N-ethyl adjacent to an activating group) is 2. The van der Waals surface area contributed by atoms with Crippen molar-refractivity contribution in [1.82, 2.24) is 40.3 Å². The average Bonchev–Trinajstić information content (AvgIpc) is 1.71. The number of anilines is 2. The third-order valence-corrected chi connectivity index (χ3v) is 20.1. The Morgan fingerprint density at radius 3 is 2.31 bits per heavy atom. The van der Waals surface area contributed by atoms with Gasteiger partial charge >= 0.3 is 12.1 Å². The molecule has 0 spiro atoms. The van der Waals surface area contributed by atoms with E-state index in [2.05, 4.69) is 104 Å². The summed E-state index contributed by atoms with van der Waals surface area (Å²) in [6.45, 7) is 8.94. The number of hydrogen-bond donors (Lipinski definition) is 2. The van der Waals surface area contributed by atoms with Crippen LogP contribution in [-0.2, 0) is 48.1 Å². The lowest BCUT2D eigenvalue weighted by Crippen LogP contribution is -2.55. The first-order valence-corrected chi connectivity index (χ1v) is 34.2. The number of hydrogen-bond acceptors (Lipinski definition) is 18. The summed E-state index contributed by atoms with van der Waals surface area (Å²) in [6, 6.07) is 38.0. The number of nitriles is 1. The fourth-order valence-corrected chi connectivity index (χ4v) is 15.0. The van der Waals surface area contributed by atoms with Crippen LogP contribution in [0.2, 0.25) is 0 Å². The highest BCUT2D eigenvalue weighted by Crippen LogP contribution is 2.41. The van der Waals surface area contributed by atoms with Crippen LogP contribution in [0.4, 0.5) is 16.3 Å². The molecule has 4 aliphatic heterocycles. The van der Waals surface area contributed by atoms with E-state index in [-0.39, 0.29) is 55.0 Å². The van der Waals surface area contributed by atoms with Gasteiger partial charge in [-0.05, 0) is 100.0 Å². The minimum atomic E-state index is -0.538. The normalized spacial score (nSPS) is 20.2. The number of nitrogens with one attached hydrogen (secondary N) is 2. The van der Waals surface area contributed by atoms with Gasteiger partial charge in [0.2, 0.25) is 11.8 Å². The minimum absolute atomic E-state index is 0.00524. The predicted octanol–water partition coefficient (Wildman–Crippen LogP) is 10.1. The maximum absolute atomic E-state index is 14.4. The molecule has 3 saturated heterocycles. The quantitative estimate of drug-likeness (QED) is 0.0483. The number of piperazine rings is 1. The standard InChI is InChI=1S/C72H87N11O9S/c1-49(74-2)68(84)77-66(52-19-8-5-9-20-52)70(85)83-32-15-26-64(83)69-75-62(48-93-69)58-27-28-65(59-24-13-12-23-57(58)59)90-41-39-88-37-36-87-38-40-89-55-42-54(79(3)44-55)47-91-71-76-61-45-80(63-25-14-21-51-18-10-11-22-56(51)63)33-30-60(61)67(78-71)81-34-35-82(53(43-81)29-31-73)72(86)92-46-50-16-6-4-7-17-50/h4,6-7,10-14,16-18,21-25,27-28,48-49,52-55,64,66,74H,5,8-9,15,19-20,26,29-30,32-47H2,1-3H3,(H,77,84)/t49-,53-,54-,55+,64-,66-/m0/s1. The van der Waals surface area contributed by atoms with Crippen LogP contribution in [0, 0.1) is 17.2 Å². The molecule has 12 rings (SSSR count). The first-order chi connectivity index (χ1) is 45.6. The van der Waals surface area contributed by atoms with E-state index in [1.54, 1.807) is 23.3 Å². The molecule has 0 unspecified atom stereocenters. The van der Waals surface area contributed by atoms with Gasteiger partial charge in [0.25, 0.3) is 0 Å². The second-order valence-corrected chi connectivity index (χ2v) is 26.0. The van der Waals surface area contributed by atoms with Crippen molar-refractivity contribution in [2.75, 3.05) is 109 Å². The number of aromatic nitrogens is 3. The fourth-order valence-electron chi connectivity index (χ4n) is 14.0. The lowest BCUT2D eigenvalue weighted by molar-refractivity contribution is -0.139. The molecule has 6 heterocycles. The summed E-state index contributed by atoms with van der Waals surface area (Å²) in [5.41, 5.74) is 5.90. The van der Waals surface area contributed by atoms with E-state index in [1.165, 1.54) is 17.2 Å². The molecule has 1 saturated carbocycles. The van der Waals surface area contributed by atoms with Crippen molar-refractivity contribution in [1.29, 1.82) is 5.26 Å². The Labute approximate surface area is 549 Å². The van der Waals surface area contributed by atoms with Gasteiger partial charge in [-0.1, -0.05) is 110 Å². The van der Waals surface area contributed by atoms with Crippen LogP contribution in [0.15, 0.2) is 115 Å². The molecule has 1 aliphatic carbocycles. The molecule has 20 nitrogen and oxygen atoms in total. The number of carbonyl (C=O) groups excluding carboxylic acids is 3. The van der Waals surface area contributed by atoms with E-state index in [0.717, 1.165) is 126 Å². The largest absolute Gasteiger partial charge is 0.491 e. The zero-order valence-corrected chi connectivity index (χ0v) is 54.6. The third-order valence-electron chi connectivity index (χ3n) is 19.2. The van der Waals surface area contributed by atoms with E-state index in [9.17, 15) is 19.6 Å². The van der Waals surface area contributed by atoms with Crippen molar-refractivity contribution in [3.8, 4) is 29.1 Å². The number of likely N-dealkylation sites (tertiary alicyclic amines) is 2. The first kappa shape index (κ1) is 65.1. The van der Waals surface area contributed by atoms with Gasteiger partial charge in [0.05, 0.1) is 87.7 Å². The Bertz CT molecular complexity index is 3710. The number of carbonyl (C=O) groups is 3. The zero-order chi connectivity index (χ0) is 64.0. The topological polar surface area (TPSA) is 209 Å². The van der Waals surface area contributed by atoms with Crippen molar-refractivity contribution in [2.24, 2.45) is 5.92 Å². The molecule has 3 amide bonds. The van der Waals surface area contributed by atoms with E-state index in [1.807, 2.05) is 60.4 Å². The van der Waals surface area contributed by atoms with Gasteiger partial charge < -0.3 is 58.7 Å². The Balaban J connectivity index is 0.597. The van der Waals surface area contributed by atoms with Crippen LogP contribution >= 0.6 is 11.3 Å². The SMILES string of the molecule is CN[C@@H](C)C(=O)N[C@H](C(=O)N1CCC[C@H]1c1nc(-c2ccc(OCCOCCOCCO[C@@H]3C[C@@H](COc4nc5c(c(N6CCN(C(=O)OCc7ccccc7)[C@@H](CC#N)C6)n4)CCN(c4cccc6ccccc46)C5)N(C)C3)c3ccccc23)cs1)C1CCCCC1. The van der Waals surface area contributed by atoms with Crippen molar-refractivity contribution in [3.63, 3.8) is 0 Å². The molecule has 2 aromatic heterocycles. The van der Waals surface area contributed by atoms with E-state index >= 15 is 0 Å². The Morgan fingerprint density at radius 1 is 0.731 bits per heavy atom. The number of ether oxygens (including phenoxy) is 6. The van der Waals surface area contributed by atoms with Crippen molar-refractivity contribution in [3.05, 3.63) is 136 Å². The zero-order valence-electron chi connectivity index (χ0n) is 53.8. The summed E-state index contributed by atoms with van der Waals surface area (Å²) in [5, 5.41) is 23.6. The summed E-state index contributed by atoms with van der Waals surface area (Å²) in [5.74, 6) is 1.56. The average molecular weight is 1280 g/mol. The highest BCUT2D eigenvalue weighted by atomic mass is 32.1. The number of rotatable bonds is 26. The van der Waals surface area contributed by atoms with Crippen molar-refractivity contribution in [2.45, 2.75) is 121 Å². The van der Waals surface area contributed by atoms with Crippen LogP contribution in [0.1, 0.15) is 92.6 Å². The fraction of sp³-hybridized carbons (Fsp3) is 0.486. The molecule has 2 N–H and O–H groups in total. The number of benzene rings is 5. The highest BCUT2D eigenvalue weighted by molar-refractivity contribution is 7.10. The number of thiazole rings is 1. The third kappa shape index (κ3) is 15.7. The first-order valence-electron chi connectivity index (χ1n) is 33.3. The maximum Gasteiger partial charge on any atom is 0.410 e. The van der Waals surface area contributed by atoms with Crippen LogP contribution in [-0.4, -0.2) is 177 Å². The van der Waals surface area contributed by atoms with Crippen LogP contribution in [0.25, 0.3) is 32.8 Å². The van der Waals surface area contributed by atoms with Crippen LogP contribution in [0.3, 0.4) is 0 Å². The number of fused-ring (bicyclic) bond motifs is 3. The molecule has 5 aromatic carbocycles. The van der Waals surface area contributed by atoms with Crippen molar-refractivity contribution >= 4 is 62.3 Å². The molecule has 490 valence electrons. The molecule has 5 aliphatic rings. The summed E-state index contributed by atoms with van der Waals surface area (Å²) in [7, 11) is 3.85. The van der Waals surface area contributed by atoms with Gasteiger partial charge in [-0.2, -0.15) is 15.2 Å². The minimum Gasteiger partial charge on any atom is -0.491 e. The van der Waals surface area contributed by atoms with Crippen LogP contribution < -0.4 is 29.9 Å². The van der Waals surface area contributed by atoms with E-state index < -0.39 is 18.2 Å². The molecular weight excluding hydrogens is 1190 g/mol. The molecule has 4 fully saturated rings. The molecule has 0 radical (unpaired) electrons. The molecular formula is C72H87N11O9S. The van der Waals surface area contributed by atoms with Gasteiger partial charge in [-0.15, -0.1) is 11.3 Å². The lowest BCUT2D eigenvalue weighted by Gasteiger charge is -2.42. The molecule has 21 heteroatoms. The van der Waals surface area contributed by atoms with E-state index in [0.29, 0.717) is 85.0 Å². The second-order valence-electron chi connectivity index (χ2n) is 25.1. The summed E-state index contributed by atoms with van der Waals surface area (Å²) in [6.07, 6.45) is 8.18. The smallest absolute Gasteiger partial charge is 0.410 e. The predicted molar refractivity (Wildman–Crippen MR) is 359 cm³/mol. The molecule has 6 atom stereocenters. The molecule has 7 aromatic rings. The van der Waals surface area contributed by atoms with Gasteiger partial charge in [-0.3, -0.25) is 14.5 Å². The van der Waals surface area contributed by atoms with E-state index in [4.69, 9.17) is 43.4 Å². The van der Waals surface area contributed by atoms with Gasteiger partial charge in [0.1, 0.15) is 42.4 Å². The Hall–Kier alpha value is -7.97. The maximum atomic E-state index is 14.4. The Kier molecular flexibility index (Phi) is 21.9. The van der Waals surface area contributed by atoms with Crippen LogP contribution in [0.5, 0.6) is 11.8 Å². The second kappa shape index (κ2) is 31.3. The molecule has 93 heavy (non-hydrogen) atoms.